The fraction of sp³-hybridized carbons (Fsp3) is 0.436. The van der Waals surface area contributed by atoms with Crippen LogP contribution in [0.3, 0.4) is 0 Å². The van der Waals surface area contributed by atoms with Crippen molar-refractivity contribution in [3.8, 4) is 0 Å². The van der Waals surface area contributed by atoms with Crippen LogP contribution in [0.1, 0.15) is 118 Å². The van der Waals surface area contributed by atoms with Gasteiger partial charge in [-0.2, -0.15) is 0 Å². The SMILES string of the molecule is CCCN(CCC)C(=O)C1=Cc2ccc(C(=O)Nc3cnc4c(c3)CN(C(=O)OCc3ccc(NC(=O)[C@H](CCCNC(N)=O)NC(=O)C(NC(=O)CCCCCN5C(=O)C=CC5=O)C(C)C)cc3)CC4)cc2N=C(N)C1. The third-order valence-corrected chi connectivity index (χ3v) is 13.0. The molecule has 2 aromatic carbocycles. The number of nitrogens with two attached hydrogens (primary N) is 2. The van der Waals surface area contributed by atoms with Crippen LogP contribution in [0.4, 0.5) is 26.7 Å². The largest absolute Gasteiger partial charge is 0.445 e. The number of anilines is 2. The van der Waals surface area contributed by atoms with E-state index in [9.17, 15) is 43.2 Å². The molecule has 2 atom stereocenters. The monoisotopic (exact) mass is 1060 g/mol. The Balaban J connectivity index is 0.990. The van der Waals surface area contributed by atoms with Crippen LogP contribution in [0.15, 0.2) is 77.4 Å². The highest BCUT2D eigenvalue weighted by Gasteiger charge is 2.30. The van der Waals surface area contributed by atoms with Crippen molar-refractivity contribution in [1.29, 1.82) is 0 Å². The predicted octanol–water partition coefficient (Wildman–Crippen LogP) is 4.95. The molecular formula is C55H70N12O10. The van der Waals surface area contributed by atoms with Crippen LogP contribution in [0, 0.1) is 5.92 Å². The van der Waals surface area contributed by atoms with Crippen molar-refractivity contribution in [1.82, 2.24) is 35.6 Å². The first-order valence-electron chi connectivity index (χ1n) is 26.2. The number of primary amides is 1. The number of rotatable bonds is 25. The van der Waals surface area contributed by atoms with Gasteiger partial charge in [0.2, 0.25) is 23.6 Å². The number of amides is 10. The van der Waals surface area contributed by atoms with Crippen molar-refractivity contribution in [3.63, 3.8) is 0 Å². The number of aliphatic imine (C=N–C) groups is 1. The minimum atomic E-state index is -1.06. The van der Waals surface area contributed by atoms with E-state index in [4.69, 9.17) is 16.2 Å². The molecule has 1 unspecified atom stereocenters. The van der Waals surface area contributed by atoms with Gasteiger partial charge >= 0.3 is 12.1 Å². The zero-order valence-corrected chi connectivity index (χ0v) is 44.2. The number of carbonyl (C=O) groups is 9. The number of aromatic nitrogens is 1. The summed E-state index contributed by atoms with van der Waals surface area (Å²) in [6.45, 7) is 9.74. The highest BCUT2D eigenvalue weighted by Crippen LogP contribution is 2.30. The van der Waals surface area contributed by atoms with Crippen LogP contribution in [0.5, 0.6) is 0 Å². The second-order valence-electron chi connectivity index (χ2n) is 19.5. The number of unbranched alkanes of at least 4 members (excludes halogenated alkanes) is 2. The Labute approximate surface area is 447 Å². The van der Waals surface area contributed by atoms with Crippen molar-refractivity contribution in [2.24, 2.45) is 22.4 Å². The second-order valence-corrected chi connectivity index (χ2v) is 19.5. The molecule has 0 fully saturated rings. The van der Waals surface area contributed by atoms with E-state index in [1.807, 2.05) is 18.7 Å². The lowest BCUT2D eigenvalue weighted by Crippen LogP contribution is -2.54. The average Bonchev–Trinajstić information content (AvgIpc) is 3.61. The van der Waals surface area contributed by atoms with Gasteiger partial charge in [-0.3, -0.25) is 43.4 Å². The highest BCUT2D eigenvalue weighted by atomic mass is 16.6. The lowest BCUT2D eigenvalue weighted by atomic mass is 10.0. The van der Waals surface area contributed by atoms with E-state index >= 15 is 0 Å². The predicted molar refractivity (Wildman–Crippen MR) is 289 cm³/mol. The van der Waals surface area contributed by atoms with Crippen molar-refractivity contribution in [3.05, 3.63) is 100 Å². The van der Waals surface area contributed by atoms with E-state index in [0.717, 1.165) is 29.0 Å². The van der Waals surface area contributed by atoms with E-state index in [1.54, 1.807) is 79.6 Å². The molecule has 0 spiro atoms. The molecule has 0 saturated heterocycles. The molecule has 4 heterocycles. The average molecular weight is 1060 g/mol. The summed E-state index contributed by atoms with van der Waals surface area (Å²) in [5.74, 6) is -2.76. The molecule has 9 N–H and O–H groups in total. The molecule has 3 aliphatic rings. The topological polar surface area (TPSA) is 310 Å². The van der Waals surface area contributed by atoms with Gasteiger partial charge < -0.3 is 52.6 Å². The number of hydrogen-bond donors (Lipinski definition) is 7. The van der Waals surface area contributed by atoms with Crippen LogP contribution in [-0.4, -0.2) is 124 Å². The number of imide groups is 1. The van der Waals surface area contributed by atoms with Gasteiger partial charge in [0.15, 0.2) is 0 Å². The fourth-order valence-corrected chi connectivity index (χ4v) is 8.94. The minimum absolute atomic E-state index is 0.0724. The van der Waals surface area contributed by atoms with Crippen LogP contribution in [-0.2, 0) is 53.1 Å². The number of urea groups is 1. The van der Waals surface area contributed by atoms with Crippen molar-refractivity contribution < 1.29 is 47.9 Å². The summed E-state index contributed by atoms with van der Waals surface area (Å²) in [7, 11) is 0. The Bertz CT molecular complexity index is 2770. The molecule has 22 nitrogen and oxygen atoms in total. The third kappa shape index (κ3) is 16.8. The number of carbonyl (C=O) groups excluding carboxylic acids is 9. The molecule has 3 aromatic rings. The van der Waals surface area contributed by atoms with Gasteiger partial charge in [0.05, 0.1) is 24.1 Å². The summed E-state index contributed by atoms with van der Waals surface area (Å²) in [6.07, 6.45) is 9.66. The van der Waals surface area contributed by atoms with Gasteiger partial charge in [0.1, 0.15) is 24.5 Å². The van der Waals surface area contributed by atoms with Crippen molar-refractivity contribution in [2.45, 2.75) is 117 Å². The first kappa shape index (κ1) is 57.8. The molecule has 0 aliphatic carbocycles. The van der Waals surface area contributed by atoms with Gasteiger partial charge in [0.25, 0.3) is 17.7 Å². The molecular weight excluding hydrogens is 989 g/mol. The maximum atomic E-state index is 13.7. The Morgan fingerprint density at radius 2 is 1.57 bits per heavy atom. The highest BCUT2D eigenvalue weighted by molar-refractivity contribution is 6.13. The van der Waals surface area contributed by atoms with Crippen LogP contribution >= 0.6 is 0 Å². The summed E-state index contributed by atoms with van der Waals surface area (Å²) in [5.41, 5.74) is 16.5. The minimum Gasteiger partial charge on any atom is -0.445 e. The fourth-order valence-electron chi connectivity index (χ4n) is 8.94. The zero-order chi connectivity index (χ0) is 55.6. The lowest BCUT2D eigenvalue weighted by molar-refractivity contribution is -0.137. The molecule has 410 valence electrons. The standard InChI is InChI=1S/C55H70N12O10/c1-5-23-65(24-6-2)53(74)38-27-36-15-16-37(29-44(36)62-45(56)30-38)50(71)61-41-28-39-32-66(26-21-42(39)59-31-41)55(76)77-33-35-13-17-40(18-14-35)60-51(72)43(11-10-22-58-54(57)75)63-52(73)49(34(3)4)64-46(68)12-8-7-9-25-67-47(69)19-20-48(67)70/h13-20,27-29,31,34,43,49H,5-12,21-26,30,32-33H2,1-4H3,(H2,56,62)(H,60,72)(H,61,71)(H,63,73)(H,64,68)(H3,57,58,75)/t43-,49?/m0/s1. The quantitative estimate of drug-likeness (QED) is 0.0438. The third-order valence-electron chi connectivity index (χ3n) is 13.0. The molecule has 0 bridgehead atoms. The number of nitrogens with one attached hydrogen (secondary N) is 5. The number of ether oxygens (including phenoxy) is 1. The summed E-state index contributed by atoms with van der Waals surface area (Å²) < 4.78 is 5.67. The van der Waals surface area contributed by atoms with Gasteiger partial charge in [-0.25, -0.2) is 14.6 Å². The maximum absolute atomic E-state index is 13.7. The Morgan fingerprint density at radius 1 is 0.844 bits per heavy atom. The van der Waals surface area contributed by atoms with Crippen molar-refractivity contribution in [2.75, 3.05) is 43.4 Å². The van der Waals surface area contributed by atoms with E-state index in [0.29, 0.717) is 84.6 Å². The van der Waals surface area contributed by atoms with E-state index in [2.05, 4.69) is 36.6 Å². The Morgan fingerprint density at radius 3 is 2.26 bits per heavy atom. The van der Waals surface area contributed by atoms with Crippen LogP contribution < -0.4 is 38.1 Å². The molecule has 10 amide bonds. The normalized spacial score (nSPS) is 14.5. The van der Waals surface area contributed by atoms with E-state index in [1.165, 1.54) is 12.2 Å². The number of amidine groups is 1. The van der Waals surface area contributed by atoms with Gasteiger partial charge in [-0.15, -0.1) is 0 Å². The van der Waals surface area contributed by atoms with E-state index in [-0.39, 0.29) is 87.3 Å². The van der Waals surface area contributed by atoms with Crippen LogP contribution in [0.25, 0.3) is 6.08 Å². The van der Waals surface area contributed by atoms with Gasteiger partial charge in [-0.05, 0) is 92.0 Å². The molecule has 0 radical (unpaired) electrons. The summed E-state index contributed by atoms with van der Waals surface area (Å²) in [5, 5.41) is 13.7. The molecule has 3 aliphatic heterocycles. The van der Waals surface area contributed by atoms with Gasteiger partial charge in [0, 0.05) is 92.2 Å². The molecule has 6 rings (SSSR count). The van der Waals surface area contributed by atoms with Crippen LogP contribution in [0.2, 0.25) is 0 Å². The first-order chi connectivity index (χ1) is 36.9. The summed E-state index contributed by atoms with van der Waals surface area (Å²) in [4.78, 5) is 129. The number of fused-ring (bicyclic) bond motifs is 2. The zero-order valence-electron chi connectivity index (χ0n) is 44.2. The number of pyridine rings is 1. The first-order valence-corrected chi connectivity index (χ1v) is 26.2. The van der Waals surface area contributed by atoms with Gasteiger partial charge in [-0.1, -0.05) is 52.3 Å². The summed E-state index contributed by atoms with van der Waals surface area (Å²) >= 11 is 0. The Kier molecular flexibility index (Phi) is 21.0. The second kappa shape index (κ2) is 27.9. The molecule has 77 heavy (non-hydrogen) atoms. The molecule has 0 saturated carbocycles. The van der Waals surface area contributed by atoms with Crippen molar-refractivity contribution >= 4 is 82.4 Å². The smallest absolute Gasteiger partial charge is 0.410 e. The number of hydrogen-bond acceptors (Lipinski definition) is 13. The number of nitrogens with zero attached hydrogens (tertiary/aromatic N) is 5. The molecule has 22 heteroatoms. The Hall–Kier alpha value is -8.43. The lowest BCUT2D eigenvalue weighted by Gasteiger charge is -2.28. The maximum Gasteiger partial charge on any atom is 0.410 e. The molecule has 1 aromatic heterocycles. The summed E-state index contributed by atoms with van der Waals surface area (Å²) in [6, 6.07) is 10.7. The number of benzene rings is 2. The van der Waals surface area contributed by atoms with E-state index < -0.39 is 41.9 Å².